The van der Waals surface area contributed by atoms with E-state index in [0.717, 1.165) is 43.0 Å². The Bertz CT molecular complexity index is 1050. The zero-order valence-corrected chi connectivity index (χ0v) is 18.0. The Morgan fingerprint density at radius 2 is 1.97 bits per heavy atom. The van der Waals surface area contributed by atoms with E-state index >= 15 is 0 Å². The summed E-state index contributed by atoms with van der Waals surface area (Å²) in [5.41, 5.74) is 2.52. The first kappa shape index (κ1) is 21.1. The maximum Gasteiger partial charge on any atom is 0.324 e. The summed E-state index contributed by atoms with van der Waals surface area (Å²) in [5, 5.41) is 16.4. The molecule has 1 saturated heterocycles. The van der Waals surface area contributed by atoms with Crippen LogP contribution in [0.15, 0.2) is 40.2 Å². The fourth-order valence-corrected chi connectivity index (χ4v) is 4.22. The van der Waals surface area contributed by atoms with Gasteiger partial charge in [-0.15, -0.1) is 0 Å². The predicted octanol–water partition coefficient (Wildman–Crippen LogP) is 3.41. The third-order valence-corrected chi connectivity index (χ3v) is 6.20. The van der Waals surface area contributed by atoms with Gasteiger partial charge in [-0.1, -0.05) is 46.3 Å². The van der Waals surface area contributed by atoms with Gasteiger partial charge in [0.1, 0.15) is 0 Å². The Hall–Kier alpha value is -3.11. The summed E-state index contributed by atoms with van der Waals surface area (Å²) in [5.74, 6) is 1.10. The molecule has 1 aromatic carbocycles. The van der Waals surface area contributed by atoms with Gasteiger partial charge in [0.05, 0.1) is 10.5 Å². The van der Waals surface area contributed by atoms with Crippen LogP contribution in [0.3, 0.4) is 0 Å². The van der Waals surface area contributed by atoms with E-state index in [0.29, 0.717) is 36.8 Å². The summed E-state index contributed by atoms with van der Waals surface area (Å²) in [6.45, 7) is 5.69. The summed E-state index contributed by atoms with van der Waals surface area (Å²) in [6.07, 6.45) is 1.59. The molecule has 0 N–H and O–H groups in total. The Balaban J connectivity index is 1.21. The molecule has 0 unspecified atom stereocenters. The minimum absolute atomic E-state index is 0.00597. The van der Waals surface area contributed by atoms with Crippen LogP contribution in [0, 0.1) is 17.0 Å². The number of rotatable bonds is 7. The van der Waals surface area contributed by atoms with Crippen LogP contribution in [-0.4, -0.2) is 63.5 Å². The van der Waals surface area contributed by atoms with E-state index in [1.54, 1.807) is 10.3 Å². The molecule has 0 bridgehead atoms. The number of amides is 1. The number of hydrogen-bond acceptors (Lipinski definition) is 8. The third-order valence-electron chi connectivity index (χ3n) is 5.31. The van der Waals surface area contributed by atoms with Crippen molar-refractivity contribution in [1.82, 2.24) is 19.9 Å². The first-order valence-corrected chi connectivity index (χ1v) is 11.0. The van der Waals surface area contributed by atoms with Crippen molar-refractivity contribution in [2.24, 2.45) is 0 Å². The highest BCUT2D eigenvalue weighted by molar-refractivity contribution is 7.13. The van der Waals surface area contributed by atoms with Crippen LogP contribution in [0.5, 0.6) is 0 Å². The van der Waals surface area contributed by atoms with Gasteiger partial charge >= 0.3 is 5.00 Å². The fraction of sp³-hybridized carbons (Fsp3) is 0.381. The van der Waals surface area contributed by atoms with E-state index in [2.05, 4.69) is 15.0 Å². The van der Waals surface area contributed by atoms with E-state index in [1.165, 1.54) is 11.6 Å². The van der Waals surface area contributed by atoms with Crippen LogP contribution in [-0.2, 0) is 6.42 Å². The van der Waals surface area contributed by atoms with Gasteiger partial charge in [0, 0.05) is 49.6 Å². The largest absolute Gasteiger partial charge is 0.339 e. The van der Waals surface area contributed by atoms with E-state index in [-0.39, 0.29) is 10.9 Å². The highest BCUT2D eigenvalue weighted by atomic mass is 32.1. The molecule has 4 rings (SSSR count). The van der Waals surface area contributed by atoms with Crippen molar-refractivity contribution in [2.45, 2.75) is 19.8 Å². The Labute approximate surface area is 183 Å². The summed E-state index contributed by atoms with van der Waals surface area (Å²) in [4.78, 5) is 31.4. The van der Waals surface area contributed by atoms with Crippen molar-refractivity contribution in [3.63, 3.8) is 0 Å². The summed E-state index contributed by atoms with van der Waals surface area (Å²) in [6, 6.07) is 9.37. The average molecular weight is 442 g/mol. The van der Waals surface area contributed by atoms with Crippen LogP contribution < -0.4 is 0 Å². The maximum atomic E-state index is 12.5. The molecule has 162 valence electrons. The lowest BCUT2D eigenvalue weighted by atomic mass is 10.1. The smallest absolute Gasteiger partial charge is 0.324 e. The second-order valence-electron chi connectivity index (χ2n) is 7.55. The van der Waals surface area contributed by atoms with Crippen LogP contribution in [0.25, 0.3) is 11.4 Å². The van der Waals surface area contributed by atoms with Gasteiger partial charge in [-0.2, -0.15) is 4.98 Å². The van der Waals surface area contributed by atoms with Gasteiger partial charge in [0.25, 0.3) is 5.91 Å². The molecule has 2 aromatic heterocycles. The number of aryl methyl sites for hydroxylation is 2. The van der Waals surface area contributed by atoms with Crippen molar-refractivity contribution < 1.29 is 14.2 Å². The Kier molecular flexibility index (Phi) is 6.38. The maximum absolute atomic E-state index is 12.5. The Morgan fingerprint density at radius 1 is 1.23 bits per heavy atom. The average Bonchev–Trinajstić information content (AvgIpc) is 3.45. The first-order chi connectivity index (χ1) is 15.0. The SMILES string of the molecule is Cc1ccc(-c2noc(CCCN3CCN(C(=O)c4csc([N+](=O)[O-])c4)CC3)n2)cc1. The number of nitrogens with zero attached hydrogens (tertiary/aromatic N) is 5. The summed E-state index contributed by atoms with van der Waals surface area (Å²) >= 11 is 0.983. The summed E-state index contributed by atoms with van der Waals surface area (Å²) in [7, 11) is 0. The lowest BCUT2D eigenvalue weighted by Gasteiger charge is -2.34. The number of benzene rings is 1. The van der Waals surface area contributed by atoms with Gasteiger partial charge in [0.2, 0.25) is 11.7 Å². The number of thiophene rings is 1. The van der Waals surface area contributed by atoms with Crippen LogP contribution >= 0.6 is 11.3 Å². The van der Waals surface area contributed by atoms with Gasteiger partial charge in [-0.25, -0.2) is 0 Å². The third kappa shape index (κ3) is 5.15. The number of carbonyl (C=O) groups excluding carboxylic acids is 1. The topological polar surface area (TPSA) is 106 Å². The molecule has 31 heavy (non-hydrogen) atoms. The van der Waals surface area contributed by atoms with Crippen LogP contribution in [0.4, 0.5) is 5.00 Å². The highest BCUT2D eigenvalue weighted by Gasteiger charge is 2.24. The molecule has 9 nitrogen and oxygen atoms in total. The molecule has 0 atom stereocenters. The fourth-order valence-electron chi connectivity index (χ4n) is 3.52. The van der Waals surface area contributed by atoms with Crippen molar-refractivity contribution in [1.29, 1.82) is 0 Å². The van der Waals surface area contributed by atoms with Gasteiger partial charge in [0.15, 0.2) is 0 Å². The molecule has 1 fully saturated rings. The Morgan fingerprint density at radius 3 is 2.65 bits per heavy atom. The number of hydrogen-bond donors (Lipinski definition) is 0. The van der Waals surface area contributed by atoms with E-state index in [9.17, 15) is 14.9 Å². The minimum atomic E-state index is -0.466. The van der Waals surface area contributed by atoms with Crippen LogP contribution in [0.1, 0.15) is 28.2 Å². The van der Waals surface area contributed by atoms with Gasteiger partial charge < -0.3 is 9.42 Å². The zero-order chi connectivity index (χ0) is 21.8. The second-order valence-corrected chi connectivity index (χ2v) is 8.44. The quantitative estimate of drug-likeness (QED) is 0.409. The molecule has 0 saturated carbocycles. The molecular formula is C21H23N5O4S. The lowest BCUT2D eigenvalue weighted by Crippen LogP contribution is -2.48. The molecule has 3 heterocycles. The molecule has 0 radical (unpaired) electrons. The second kappa shape index (κ2) is 9.36. The number of carbonyl (C=O) groups is 1. The van der Waals surface area contributed by atoms with Gasteiger partial charge in [-0.05, 0) is 19.9 Å². The molecule has 0 spiro atoms. The lowest BCUT2D eigenvalue weighted by molar-refractivity contribution is -0.380. The molecule has 3 aromatic rings. The predicted molar refractivity (Wildman–Crippen MR) is 116 cm³/mol. The number of nitro groups is 1. The molecule has 1 aliphatic rings. The molecule has 1 amide bonds. The van der Waals surface area contributed by atoms with E-state index < -0.39 is 4.92 Å². The molecule has 0 aliphatic carbocycles. The van der Waals surface area contributed by atoms with Crippen molar-refractivity contribution in [3.8, 4) is 11.4 Å². The highest BCUT2D eigenvalue weighted by Crippen LogP contribution is 2.24. The molecule has 10 heteroatoms. The van der Waals surface area contributed by atoms with E-state index in [1.807, 2.05) is 31.2 Å². The van der Waals surface area contributed by atoms with Crippen LogP contribution in [0.2, 0.25) is 0 Å². The van der Waals surface area contributed by atoms with Crippen molar-refractivity contribution in [3.05, 3.63) is 62.8 Å². The number of aromatic nitrogens is 2. The van der Waals surface area contributed by atoms with Crippen molar-refractivity contribution in [2.75, 3.05) is 32.7 Å². The molecule has 1 aliphatic heterocycles. The number of piperazine rings is 1. The van der Waals surface area contributed by atoms with Gasteiger partial charge in [-0.3, -0.25) is 19.8 Å². The molecular weight excluding hydrogens is 418 g/mol. The standard InChI is InChI=1S/C21H23N5O4S/c1-15-4-6-16(7-5-15)20-22-18(30-23-20)3-2-8-24-9-11-25(12-10-24)21(27)17-13-19(26(28)29)31-14-17/h4-7,13-14H,2-3,8-12H2,1H3. The first-order valence-electron chi connectivity index (χ1n) is 10.1. The monoisotopic (exact) mass is 441 g/mol. The van der Waals surface area contributed by atoms with Crippen molar-refractivity contribution >= 4 is 22.2 Å². The zero-order valence-electron chi connectivity index (χ0n) is 17.2. The normalized spacial score (nSPS) is 14.7. The van der Waals surface area contributed by atoms with E-state index in [4.69, 9.17) is 4.52 Å². The summed E-state index contributed by atoms with van der Waals surface area (Å²) < 4.78 is 5.38. The minimum Gasteiger partial charge on any atom is -0.339 e.